The van der Waals surface area contributed by atoms with E-state index in [1.54, 1.807) is 48.5 Å². The van der Waals surface area contributed by atoms with Crippen LogP contribution in [-0.2, 0) is 19.1 Å². The van der Waals surface area contributed by atoms with E-state index in [4.69, 9.17) is 13.9 Å². The molecule has 8 nitrogen and oxygen atoms in total. The number of cyclic esters (lactones) is 2. The number of benzene rings is 2. The lowest BCUT2D eigenvalue weighted by molar-refractivity contribution is -0.384. The summed E-state index contributed by atoms with van der Waals surface area (Å²) in [5.74, 6) is -1.32. The van der Waals surface area contributed by atoms with E-state index in [0.717, 1.165) is 0 Å². The number of carbonyl (C=O) groups is 2. The Balaban J connectivity index is 1.59. The van der Waals surface area contributed by atoms with Crippen molar-refractivity contribution in [3.05, 3.63) is 93.7 Å². The molecule has 2 heterocycles. The van der Waals surface area contributed by atoms with E-state index >= 15 is 0 Å². The van der Waals surface area contributed by atoms with Gasteiger partial charge < -0.3 is 13.9 Å². The van der Waals surface area contributed by atoms with Crippen molar-refractivity contribution in [1.29, 1.82) is 0 Å². The molecule has 29 heavy (non-hydrogen) atoms. The van der Waals surface area contributed by atoms with Gasteiger partial charge in [-0.15, -0.1) is 0 Å². The molecule has 0 amide bonds. The summed E-state index contributed by atoms with van der Waals surface area (Å²) in [6.45, 7) is 0. The minimum absolute atomic E-state index is 0.122. The molecule has 4 rings (SSSR count). The number of para-hydroxylation sites is 1. The number of hydrogen-bond donors (Lipinski definition) is 0. The standard InChI is InChI=1S/C21H13NO7/c23-19-16(20(24)29-21(28-19)13-6-2-1-3-7-13)12-14-10-11-18(27-14)15-8-4-5-9-17(15)22(25)26/h1-12,21H. The molecule has 8 heteroatoms. The van der Waals surface area contributed by atoms with Gasteiger partial charge in [0.25, 0.3) is 12.0 Å². The number of esters is 2. The van der Waals surface area contributed by atoms with E-state index in [0.29, 0.717) is 5.56 Å². The van der Waals surface area contributed by atoms with Crippen LogP contribution in [0.2, 0.25) is 0 Å². The van der Waals surface area contributed by atoms with Gasteiger partial charge in [0, 0.05) is 17.7 Å². The Morgan fingerprint density at radius 1 is 0.862 bits per heavy atom. The van der Waals surface area contributed by atoms with Gasteiger partial charge in [0.2, 0.25) is 0 Å². The molecule has 2 aromatic carbocycles. The van der Waals surface area contributed by atoms with E-state index in [1.165, 1.54) is 24.3 Å². The second-order valence-corrected chi connectivity index (χ2v) is 6.09. The Labute approximate surface area is 164 Å². The fraction of sp³-hybridized carbons (Fsp3) is 0.0476. The number of nitro benzene ring substituents is 1. The lowest BCUT2D eigenvalue weighted by Gasteiger charge is -2.23. The number of rotatable bonds is 4. The molecule has 0 N–H and O–H groups in total. The molecule has 1 saturated heterocycles. The molecule has 1 aromatic heterocycles. The number of nitro groups is 1. The van der Waals surface area contributed by atoms with Gasteiger partial charge in [0.05, 0.1) is 10.5 Å². The van der Waals surface area contributed by atoms with E-state index in [1.807, 2.05) is 0 Å². The predicted molar refractivity (Wildman–Crippen MR) is 100 cm³/mol. The zero-order valence-corrected chi connectivity index (χ0v) is 14.8. The zero-order chi connectivity index (χ0) is 20.4. The van der Waals surface area contributed by atoms with Crippen molar-refractivity contribution in [3.8, 4) is 11.3 Å². The molecule has 0 aliphatic carbocycles. The summed E-state index contributed by atoms with van der Waals surface area (Å²) in [5.41, 5.74) is 0.355. The second-order valence-electron chi connectivity index (χ2n) is 6.09. The monoisotopic (exact) mass is 391 g/mol. The molecule has 1 aliphatic rings. The first-order valence-corrected chi connectivity index (χ1v) is 8.55. The predicted octanol–water partition coefficient (Wildman–Crippen LogP) is 4.04. The van der Waals surface area contributed by atoms with Crippen LogP contribution >= 0.6 is 0 Å². The molecule has 1 aliphatic heterocycles. The van der Waals surface area contributed by atoms with Crippen molar-refractivity contribution in [2.75, 3.05) is 0 Å². The van der Waals surface area contributed by atoms with Gasteiger partial charge in [-0.25, -0.2) is 9.59 Å². The van der Waals surface area contributed by atoms with Crippen LogP contribution in [0.4, 0.5) is 5.69 Å². The van der Waals surface area contributed by atoms with Crippen LogP contribution in [0.1, 0.15) is 17.6 Å². The lowest BCUT2D eigenvalue weighted by Crippen LogP contribution is -2.29. The Morgan fingerprint density at radius 2 is 1.52 bits per heavy atom. The number of nitrogens with zero attached hydrogens (tertiary/aromatic N) is 1. The van der Waals surface area contributed by atoms with E-state index in [2.05, 4.69) is 0 Å². The van der Waals surface area contributed by atoms with Gasteiger partial charge in [-0.1, -0.05) is 42.5 Å². The van der Waals surface area contributed by atoms with Gasteiger partial charge in [0.15, 0.2) is 0 Å². The van der Waals surface area contributed by atoms with Crippen LogP contribution in [0.25, 0.3) is 17.4 Å². The van der Waals surface area contributed by atoms with Crippen LogP contribution in [0, 0.1) is 10.1 Å². The van der Waals surface area contributed by atoms with Gasteiger partial charge in [0.1, 0.15) is 17.1 Å². The molecule has 0 spiro atoms. The number of carbonyl (C=O) groups excluding carboxylic acids is 2. The van der Waals surface area contributed by atoms with Crippen LogP contribution < -0.4 is 0 Å². The van der Waals surface area contributed by atoms with Crippen LogP contribution in [-0.4, -0.2) is 16.9 Å². The molecule has 0 bridgehead atoms. The highest BCUT2D eigenvalue weighted by Gasteiger charge is 2.34. The smallest absolute Gasteiger partial charge is 0.349 e. The SMILES string of the molecule is O=C1OC(c2ccccc2)OC(=O)C1=Cc1ccc(-c2ccccc2[N+](=O)[O-])o1. The van der Waals surface area contributed by atoms with Crippen molar-refractivity contribution < 1.29 is 28.4 Å². The molecule has 144 valence electrons. The second kappa shape index (κ2) is 7.43. The summed E-state index contributed by atoms with van der Waals surface area (Å²) in [5, 5.41) is 11.2. The van der Waals surface area contributed by atoms with Gasteiger partial charge >= 0.3 is 11.9 Å². The average molecular weight is 391 g/mol. The Morgan fingerprint density at radius 3 is 2.21 bits per heavy atom. The first-order valence-electron chi connectivity index (χ1n) is 8.55. The lowest BCUT2D eigenvalue weighted by atomic mass is 10.1. The highest BCUT2D eigenvalue weighted by molar-refractivity contribution is 6.18. The summed E-state index contributed by atoms with van der Waals surface area (Å²) >= 11 is 0. The van der Waals surface area contributed by atoms with Gasteiger partial charge in [-0.3, -0.25) is 10.1 Å². The van der Waals surface area contributed by atoms with E-state index in [-0.39, 0.29) is 28.3 Å². The summed E-state index contributed by atoms with van der Waals surface area (Å²) < 4.78 is 16.0. The molecule has 1 fully saturated rings. The molecule has 0 unspecified atom stereocenters. The summed E-state index contributed by atoms with van der Waals surface area (Å²) in [6.07, 6.45) is 0.0666. The maximum absolute atomic E-state index is 12.3. The van der Waals surface area contributed by atoms with Crippen molar-refractivity contribution in [1.82, 2.24) is 0 Å². The van der Waals surface area contributed by atoms with Gasteiger partial charge in [-0.05, 0) is 18.2 Å². The van der Waals surface area contributed by atoms with Crippen molar-refractivity contribution >= 4 is 23.7 Å². The Bertz CT molecular complexity index is 1110. The maximum atomic E-state index is 12.3. The normalized spacial score (nSPS) is 16.1. The molecule has 0 saturated carbocycles. The number of furan rings is 1. The van der Waals surface area contributed by atoms with Crippen LogP contribution in [0.5, 0.6) is 0 Å². The minimum atomic E-state index is -1.12. The maximum Gasteiger partial charge on any atom is 0.349 e. The first kappa shape index (κ1) is 18.2. The average Bonchev–Trinajstić information content (AvgIpc) is 3.20. The van der Waals surface area contributed by atoms with E-state index in [9.17, 15) is 19.7 Å². The first-order chi connectivity index (χ1) is 14.0. The Kier molecular flexibility index (Phi) is 4.66. The molecule has 0 atom stereocenters. The number of ether oxygens (including phenoxy) is 2. The summed E-state index contributed by atoms with van der Waals surface area (Å²) in [7, 11) is 0. The molecular weight excluding hydrogens is 378 g/mol. The summed E-state index contributed by atoms with van der Waals surface area (Å²) in [4.78, 5) is 35.2. The highest BCUT2D eigenvalue weighted by Crippen LogP contribution is 2.32. The fourth-order valence-corrected chi connectivity index (χ4v) is 2.85. The summed E-state index contributed by atoms with van der Waals surface area (Å²) in [6, 6.07) is 17.7. The fourth-order valence-electron chi connectivity index (χ4n) is 2.85. The molecule has 0 radical (unpaired) electrons. The van der Waals surface area contributed by atoms with Crippen molar-refractivity contribution in [2.45, 2.75) is 6.29 Å². The highest BCUT2D eigenvalue weighted by atomic mass is 16.7. The minimum Gasteiger partial charge on any atom is -0.456 e. The van der Waals surface area contributed by atoms with Crippen molar-refractivity contribution in [3.63, 3.8) is 0 Å². The molecular formula is C21H13NO7. The number of hydrogen-bond acceptors (Lipinski definition) is 7. The zero-order valence-electron chi connectivity index (χ0n) is 14.8. The Hall–Kier alpha value is -4.20. The van der Waals surface area contributed by atoms with Crippen LogP contribution in [0.15, 0.2) is 76.7 Å². The van der Waals surface area contributed by atoms with Crippen molar-refractivity contribution in [2.24, 2.45) is 0 Å². The molecule has 3 aromatic rings. The quantitative estimate of drug-likeness (QED) is 0.217. The third-order valence-corrected chi connectivity index (χ3v) is 4.22. The topological polar surface area (TPSA) is 109 Å². The van der Waals surface area contributed by atoms with Gasteiger partial charge in [-0.2, -0.15) is 0 Å². The largest absolute Gasteiger partial charge is 0.456 e. The third kappa shape index (κ3) is 3.63. The van der Waals surface area contributed by atoms with E-state index < -0.39 is 23.2 Å². The third-order valence-electron chi connectivity index (χ3n) is 4.22. The van der Waals surface area contributed by atoms with Crippen LogP contribution in [0.3, 0.4) is 0 Å².